The van der Waals surface area contributed by atoms with Crippen LogP contribution in [-0.2, 0) is 14.4 Å². The van der Waals surface area contributed by atoms with Gasteiger partial charge >= 0.3 is 5.97 Å². The highest BCUT2D eigenvalue weighted by molar-refractivity contribution is 6.02. The smallest absolute Gasteiger partial charge is 0.325 e. The van der Waals surface area contributed by atoms with Crippen LogP contribution in [0.2, 0.25) is 0 Å². The molecule has 7 nitrogen and oxygen atoms in total. The Hall–Kier alpha value is -2.70. The van der Waals surface area contributed by atoms with Crippen LogP contribution < -0.4 is 5.43 Å². The summed E-state index contributed by atoms with van der Waals surface area (Å²) in [6, 6.07) is 6.35. The van der Waals surface area contributed by atoms with Crippen molar-refractivity contribution in [2.24, 2.45) is 5.10 Å². The number of hydroxylamine groups is 2. The quantitative estimate of drug-likeness (QED) is 0.518. The number of hydrogen-bond donors (Lipinski definition) is 1. The van der Waals surface area contributed by atoms with Crippen molar-refractivity contribution in [3.63, 3.8) is 0 Å². The number of nitrogens with zero attached hydrogens (tertiary/aromatic N) is 2. The summed E-state index contributed by atoms with van der Waals surface area (Å²) < 4.78 is 0. The van der Waals surface area contributed by atoms with Crippen LogP contribution in [0.4, 0.5) is 5.69 Å². The fourth-order valence-electron chi connectivity index (χ4n) is 1.65. The van der Waals surface area contributed by atoms with Crippen LogP contribution in [0.25, 0.3) is 0 Å². The Labute approximate surface area is 121 Å². The topological polar surface area (TPSA) is 88.1 Å². The second kappa shape index (κ2) is 6.17. The van der Waals surface area contributed by atoms with E-state index in [2.05, 4.69) is 10.5 Å². The maximum Gasteiger partial charge on any atom is 0.363 e. The maximum absolute atomic E-state index is 11.9. The van der Waals surface area contributed by atoms with E-state index in [1.54, 1.807) is 12.1 Å². The molecule has 0 aliphatic carbocycles. The highest BCUT2D eigenvalue weighted by atomic mass is 16.7. The van der Waals surface area contributed by atoms with Crippen molar-refractivity contribution in [2.75, 3.05) is 5.43 Å². The summed E-state index contributed by atoms with van der Waals surface area (Å²) in [4.78, 5) is 39.4. The minimum Gasteiger partial charge on any atom is -0.325 e. The van der Waals surface area contributed by atoms with Gasteiger partial charge in [-0.15, -0.1) is 5.06 Å². The van der Waals surface area contributed by atoms with Crippen LogP contribution in [-0.4, -0.2) is 28.6 Å². The average molecular weight is 289 g/mol. The SMILES string of the molecule is CC(C)=NNc1ccc(C(=O)ON2C(=O)CCC2=O)cc1. The summed E-state index contributed by atoms with van der Waals surface area (Å²) in [7, 11) is 0. The van der Waals surface area contributed by atoms with E-state index >= 15 is 0 Å². The standard InChI is InChI=1S/C14H15N3O4/c1-9(2)15-16-11-5-3-10(4-6-11)14(20)21-17-12(18)7-8-13(17)19/h3-6,16H,7-8H2,1-2H3. The molecule has 1 N–H and O–H groups in total. The Balaban J connectivity index is 2.01. The highest BCUT2D eigenvalue weighted by Gasteiger charge is 2.33. The Kier molecular flexibility index (Phi) is 4.32. The van der Waals surface area contributed by atoms with E-state index < -0.39 is 17.8 Å². The van der Waals surface area contributed by atoms with Gasteiger partial charge in [-0.05, 0) is 38.1 Å². The molecule has 1 aromatic carbocycles. The lowest BCUT2D eigenvalue weighted by molar-refractivity contribution is -0.172. The van der Waals surface area contributed by atoms with Crippen LogP contribution in [0, 0.1) is 0 Å². The predicted octanol–water partition coefficient (Wildman–Crippen LogP) is 1.72. The van der Waals surface area contributed by atoms with E-state index in [4.69, 9.17) is 4.84 Å². The molecule has 0 aromatic heterocycles. The number of nitrogens with one attached hydrogen (secondary N) is 1. The molecule has 1 saturated heterocycles. The second-order valence-corrected chi connectivity index (χ2v) is 4.71. The number of anilines is 1. The Morgan fingerprint density at radius 2 is 1.71 bits per heavy atom. The minimum absolute atomic E-state index is 0.0728. The number of hydrazone groups is 1. The van der Waals surface area contributed by atoms with Gasteiger partial charge in [0.15, 0.2) is 0 Å². The average Bonchev–Trinajstić information content (AvgIpc) is 2.77. The van der Waals surface area contributed by atoms with Crippen molar-refractivity contribution >= 4 is 29.2 Å². The Morgan fingerprint density at radius 3 is 2.24 bits per heavy atom. The van der Waals surface area contributed by atoms with Gasteiger partial charge < -0.3 is 4.84 Å². The first-order chi connectivity index (χ1) is 9.97. The van der Waals surface area contributed by atoms with E-state index in [0.29, 0.717) is 10.8 Å². The van der Waals surface area contributed by atoms with Gasteiger partial charge in [0.25, 0.3) is 11.8 Å². The summed E-state index contributed by atoms with van der Waals surface area (Å²) in [5.41, 5.74) is 4.63. The van der Waals surface area contributed by atoms with Gasteiger partial charge in [-0.2, -0.15) is 5.10 Å². The van der Waals surface area contributed by atoms with Gasteiger partial charge in [0.1, 0.15) is 0 Å². The maximum atomic E-state index is 11.9. The second-order valence-electron chi connectivity index (χ2n) is 4.71. The normalized spacial score (nSPS) is 14.1. The zero-order valence-electron chi connectivity index (χ0n) is 11.8. The van der Waals surface area contributed by atoms with E-state index in [0.717, 1.165) is 5.71 Å². The first-order valence-electron chi connectivity index (χ1n) is 6.42. The van der Waals surface area contributed by atoms with Crippen molar-refractivity contribution in [3.05, 3.63) is 29.8 Å². The fourth-order valence-corrected chi connectivity index (χ4v) is 1.65. The summed E-state index contributed by atoms with van der Waals surface area (Å²) in [6.07, 6.45) is 0.146. The number of carbonyl (C=O) groups is 3. The van der Waals surface area contributed by atoms with Gasteiger partial charge in [0.05, 0.1) is 11.3 Å². The molecule has 0 saturated carbocycles. The molecule has 1 heterocycles. The van der Waals surface area contributed by atoms with Crippen LogP contribution in [0.5, 0.6) is 0 Å². The van der Waals surface area contributed by atoms with Crippen molar-refractivity contribution in [3.8, 4) is 0 Å². The van der Waals surface area contributed by atoms with Crippen LogP contribution in [0.3, 0.4) is 0 Å². The molecule has 1 aliphatic heterocycles. The largest absolute Gasteiger partial charge is 0.363 e. The van der Waals surface area contributed by atoms with Gasteiger partial charge in [-0.1, -0.05) is 0 Å². The van der Waals surface area contributed by atoms with Gasteiger partial charge in [-0.25, -0.2) is 4.79 Å². The molecule has 0 bridgehead atoms. The van der Waals surface area contributed by atoms with E-state index in [1.807, 2.05) is 13.8 Å². The molecule has 2 rings (SSSR count). The molecule has 1 aliphatic rings. The van der Waals surface area contributed by atoms with Crippen molar-refractivity contribution < 1.29 is 19.2 Å². The van der Waals surface area contributed by atoms with Crippen LogP contribution in [0.1, 0.15) is 37.0 Å². The molecule has 110 valence electrons. The van der Waals surface area contributed by atoms with Gasteiger partial charge in [-0.3, -0.25) is 15.0 Å². The lowest BCUT2D eigenvalue weighted by Gasteiger charge is -2.12. The lowest BCUT2D eigenvalue weighted by atomic mass is 10.2. The highest BCUT2D eigenvalue weighted by Crippen LogP contribution is 2.15. The predicted molar refractivity (Wildman–Crippen MR) is 75.4 cm³/mol. The van der Waals surface area contributed by atoms with Crippen LogP contribution in [0.15, 0.2) is 29.4 Å². The molecule has 7 heteroatoms. The molecule has 1 fully saturated rings. The van der Waals surface area contributed by atoms with Crippen molar-refractivity contribution in [1.29, 1.82) is 0 Å². The van der Waals surface area contributed by atoms with Crippen molar-refractivity contribution in [2.45, 2.75) is 26.7 Å². The molecule has 21 heavy (non-hydrogen) atoms. The van der Waals surface area contributed by atoms with Crippen LogP contribution >= 0.6 is 0 Å². The molecule has 2 amide bonds. The molecule has 0 atom stereocenters. The summed E-state index contributed by atoms with van der Waals surface area (Å²) in [5.74, 6) is -1.75. The number of amides is 2. The van der Waals surface area contributed by atoms with Gasteiger partial charge in [0, 0.05) is 18.6 Å². The molecular weight excluding hydrogens is 274 g/mol. The zero-order valence-corrected chi connectivity index (χ0v) is 11.8. The third kappa shape index (κ3) is 3.65. The molecule has 0 spiro atoms. The molecule has 0 radical (unpaired) electrons. The third-order valence-electron chi connectivity index (χ3n) is 2.71. The summed E-state index contributed by atoms with van der Waals surface area (Å²) in [5, 5.41) is 4.55. The lowest BCUT2D eigenvalue weighted by Crippen LogP contribution is -2.32. The monoisotopic (exact) mass is 289 g/mol. The third-order valence-corrected chi connectivity index (χ3v) is 2.71. The summed E-state index contributed by atoms with van der Waals surface area (Å²) >= 11 is 0. The number of carbonyl (C=O) groups excluding carboxylic acids is 3. The first kappa shape index (κ1) is 14.7. The number of imide groups is 1. The number of rotatable bonds is 4. The van der Waals surface area contributed by atoms with E-state index in [9.17, 15) is 14.4 Å². The molecule has 0 unspecified atom stereocenters. The van der Waals surface area contributed by atoms with Crippen molar-refractivity contribution in [1.82, 2.24) is 5.06 Å². The van der Waals surface area contributed by atoms with E-state index in [-0.39, 0.29) is 18.4 Å². The molecule has 1 aromatic rings. The Bertz CT molecular complexity index is 587. The number of benzene rings is 1. The summed E-state index contributed by atoms with van der Waals surface area (Å²) in [6.45, 7) is 3.70. The van der Waals surface area contributed by atoms with E-state index in [1.165, 1.54) is 12.1 Å². The first-order valence-corrected chi connectivity index (χ1v) is 6.42. The molecular formula is C14H15N3O4. The zero-order chi connectivity index (χ0) is 15.4. The number of hydrogen-bond acceptors (Lipinski definition) is 6. The Morgan fingerprint density at radius 1 is 1.14 bits per heavy atom. The minimum atomic E-state index is -0.750. The van der Waals surface area contributed by atoms with Gasteiger partial charge in [0.2, 0.25) is 0 Å². The fraction of sp³-hybridized carbons (Fsp3) is 0.286.